The molecule has 0 spiro atoms. The lowest BCUT2D eigenvalue weighted by molar-refractivity contribution is 0.463. The van der Waals surface area contributed by atoms with Gasteiger partial charge in [-0.25, -0.2) is 4.83 Å². The molecule has 1 N–H and O–H groups in total. The topological polar surface area (TPSA) is 58.5 Å². The highest BCUT2D eigenvalue weighted by Crippen LogP contribution is 2.40. The Morgan fingerprint density at radius 2 is 2.00 bits per heavy atom. The third-order valence-electron chi connectivity index (χ3n) is 3.60. The van der Waals surface area contributed by atoms with Crippen LogP contribution in [0.4, 0.5) is 0 Å². The summed E-state index contributed by atoms with van der Waals surface area (Å²) in [6.07, 6.45) is 6.12. The minimum atomic E-state index is -3.59. The summed E-state index contributed by atoms with van der Waals surface area (Å²) in [7, 11) is -3.59. The summed E-state index contributed by atoms with van der Waals surface area (Å²) >= 11 is 5.73. The first kappa shape index (κ1) is 12.7. The Balaban J connectivity index is 1.72. The number of nitrogens with one attached hydrogen (secondary N) is 1. The molecule has 6 heteroatoms. The lowest BCUT2D eigenvalue weighted by Gasteiger charge is -2.31. The van der Waals surface area contributed by atoms with Crippen molar-refractivity contribution in [1.82, 2.24) is 4.83 Å². The van der Waals surface area contributed by atoms with Crippen molar-refractivity contribution >= 4 is 27.3 Å². The van der Waals surface area contributed by atoms with E-state index in [0.29, 0.717) is 16.9 Å². The number of allylic oxidation sites excluding steroid dienone is 2. The van der Waals surface area contributed by atoms with Gasteiger partial charge in [0.05, 0.1) is 4.90 Å². The molecule has 0 bridgehead atoms. The van der Waals surface area contributed by atoms with Gasteiger partial charge in [-0.3, -0.25) is 0 Å². The van der Waals surface area contributed by atoms with E-state index < -0.39 is 10.0 Å². The maximum atomic E-state index is 12.0. The lowest BCUT2D eigenvalue weighted by Crippen LogP contribution is -2.35. The van der Waals surface area contributed by atoms with Gasteiger partial charge in [0, 0.05) is 16.7 Å². The summed E-state index contributed by atoms with van der Waals surface area (Å²) in [5, 5.41) is 4.55. The van der Waals surface area contributed by atoms with Crippen molar-refractivity contribution in [2.75, 3.05) is 0 Å². The number of sulfonamides is 1. The van der Waals surface area contributed by atoms with Crippen LogP contribution in [0.5, 0.6) is 0 Å². The van der Waals surface area contributed by atoms with Crippen LogP contribution < -0.4 is 4.83 Å². The van der Waals surface area contributed by atoms with Crippen LogP contribution in [-0.2, 0) is 10.0 Å². The van der Waals surface area contributed by atoms with E-state index in [1.165, 1.54) is 12.1 Å². The molecule has 2 atom stereocenters. The molecule has 0 heterocycles. The van der Waals surface area contributed by atoms with Crippen molar-refractivity contribution in [2.24, 2.45) is 16.9 Å². The molecule has 0 radical (unpaired) electrons. The van der Waals surface area contributed by atoms with E-state index in [9.17, 15) is 8.42 Å². The van der Waals surface area contributed by atoms with Crippen molar-refractivity contribution in [3.05, 3.63) is 41.4 Å². The molecule has 0 aromatic heterocycles. The summed E-state index contributed by atoms with van der Waals surface area (Å²) in [5.74, 6) is 0.951. The molecule has 1 fully saturated rings. The van der Waals surface area contributed by atoms with Gasteiger partial charge in [-0.1, -0.05) is 23.8 Å². The van der Waals surface area contributed by atoms with E-state index in [-0.39, 0.29) is 4.90 Å². The van der Waals surface area contributed by atoms with Crippen molar-refractivity contribution in [3.63, 3.8) is 0 Å². The molecule has 3 rings (SSSR count). The molecule has 1 aromatic carbocycles. The zero-order valence-corrected chi connectivity index (χ0v) is 11.7. The van der Waals surface area contributed by atoms with Gasteiger partial charge in [-0.2, -0.15) is 13.5 Å². The Labute approximate surface area is 117 Å². The number of hydrogen-bond donors (Lipinski definition) is 1. The van der Waals surface area contributed by atoms with E-state index >= 15 is 0 Å². The van der Waals surface area contributed by atoms with E-state index in [4.69, 9.17) is 11.6 Å². The zero-order chi connectivity index (χ0) is 13.5. The molecule has 4 nitrogen and oxygen atoms in total. The molecule has 2 aliphatic carbocycles. The molecular weight excluding hydrogens is 284 g/mol. The van der Waals surface area contributed by atoms with Crippen LogP contribution >= 0.6 is 11.6 Å². The average molecular weight is 297 g/mol. The standard InChI is InChI=1S/C13H13ClN2O2S/c14-10-4-6-11(7-5-10)19(17,18)16-15-13-8-9-2-1-3-12(9)13/h1-2,4-7,9,12,16H,3,8H2/b15-13+/t9-,12+/m1/s1. The van der Waals surface area contributed by atoms with Gasteiger partial charge in [-0.15, -0.1) is 0 Å². The van der Waals surface area contributed by atoms with Crippen LogP contribution in [0.25, 0.3) is 0 Å². The second kappa shape index (κ2) is 4.65. The van der Waals surface area contributed by atoms with Crippen LogP contribution in [0.2, 0.25) is 5.02 Å². The van der Waals surface area contributed by atoms with Gasteiger partial charge < -0.3 is 0 Å². The second-order valence-corrected chi connectivity index (χ2v) is 6.89. The van der Waals surface area contributed by atoms with Gasteiger partial charge in [0.15, 0.2) is 0 Å². The SMILES string of the molecule is O=S(=O)(N/N=C1\C[C@H]2C=CC[C@H]12)c1ccc(Cl)cc1. The number of benzene rings is 1. The lowest BCUT2D eigenvalue weighted by atomic mass is 9.74. The fourth-order valence-electron chi connectivity index (χ4n) is 2.45. The normalized spacial score (nSPS) is 27.1. The Morgan fingerprint density at radius 3 is 2.68 bits per heavy atom. The van der Waals surface area contributed by atoms with Crippen molar-refractivity contribution in [3.8, 4) is 0 Å². The van der Waals surface area contributed by atoms with Gasteiger partial charge in [0.2, 0.25) is 0 Å². The van der Waals surface area contributed by atoms with Crippen LogP contribution in [0.3, 0.4) is 0 Å². The number of rotatable bonds is 3. The number of halogens is 1. The van der Waals surface area contributed by atoms with Gasteiger partial charge in [0.1, 0.15) is 0 Å². The molecule has 1 aromatic rings. The summed E-state index contributed by atoms with van der Waals surface area (Å²) in [6, 6.07) is 6.02. The first-order chi connectivity index (χ1) is 9.06. The number of hydrazone groups is 1. The average Bonchev–Trinajstić information content (AvgIpc) is 2.72. The molecular formula is C13H13ClN2O2S. The van der Waals surface area contributed by atoms with Crippen LogP contribution in [0.15, 0.2) is 46.4 Å². The van der Waals surface area contributed by atoms with E-state index in [1.54, 1.807) is 12.1 Å². The molecule has 0 saturated heterocycles. The maximum Gasteiger partial charge on any atom is 0.276 e. The smallest absolute Gasteiger partial charge is 0.200 e. The monoisotopic (exact) mass is 296 g/mol. The van der Waals surface area contributed by atoms with Gasteiger partial charge in [-0.05, 0) is 43.0 Å². The van der Waals surface area contributed by atoms with Crippen molar-refractivity contribution < 1.29 is 8.42 Å². The first-order valence-corrected chi connectivity index (χ1v) is 7.93. The number of nitrogens with zero attached hydrogens (tertiary/aromatic N) is 1. The molecule has 19 heavy (non-hydrogen) atoms. The third-order valence-corrected chi connectivity index (χ3v) is 5.07. The summed E-state index contributed by atoms with van der Waals surface area (Å²) in [5.41, 5.74) is 0.938. The number of hydrogen-bond acceptors (Lipinski definition) is 3. The molecule has 1 saturated carbocycles. The summed E-state index contributed by atoms with van der Waals surface area (Å²) < 4.78 is 24.0. The fourth-order valence-corrected chi connectivity index (χ4v) is 3.41. The number of fused-ring (bicyclic) bond motifs is 1. The van der Waals surface area contributed by atoms with Crippen LogP contribution in [0, 0.1) is 11.8 Å². The predicted molar refractivity (Wildman–Crippen MR) is 74.6 cm³/mol. The predicted octanol–water partition coefficient (Wildman–Crippen LogP) is 2.57. The Morgan fingerprint density at radius 1 is 1.26 bits per heavy atom. The van der Waals surface area contributed by atoms with E-state index in [2.05, 4.69) is 22.1 Å². The molecule has 0 unspecified atom stereocenters. The molecule has 0 aliphatic heterocycles. The molecule has 0 amide bonds. The van der Waals surface area contributed by atoms with Gasteiger partial charge >= 0.3 is 0 Å². The molecule has 100 valence electrons. The highest BCUT2D eigenvalue weighted by atomic mass is 35.5. The quantitative estimate of drug-likeness (QED) is 0.688. The van der Waals surface area contributed by atoms with Crippen molar-refractivity contribution in [2.45, 2.75) is 17.7 Å². The molecule has 2 aliphatic rings. The van der Waals surface area contributed by atoms with Crippen LogP contribution in [-0.4, -0.2) is 14.1 Å². The first-order valence-electron chi connectivity index (χ1n) is 6.07. The van der Waals surface area contributed by atoms with Gasteiger partial charge in [0.25, 0.3) is 10.0 Å². The van der Waals surface area contributed by atoms with Crippen LogP contribution in [0.1, 0.15) is 12.8 Å². The largest absolute Gasteiger partial charge is 0.276 e. The van der Waals surface area contributed by atoms with E-state index in [0.717, 1.165) is 18.6 Å². The Hall–Kier alpha value is -1.33. The minimum absolute atomic E-state index is 0.168. The highest BCUT2D eigenvalue weighted by molar-refractivity contribution is 7.89. The van der Waals surface area contributed by atoms with E-state index in [1.807, 2.05) is 0 Å². The highest BCUT2D eigenvalue weighted by Gasteiger charge is 2.38. The minimum Gasteiger partial charge on any atom is -0.200 e. The fraction of sp³-hybridized carbons (Fsp3) is 0.308. The Bertz CT molecular complexity index is 650. The second-order valence-electron chi connectivity index (χ2n) is 4.79. The van der Waals surface area contributed by atoms with Crippen molar-refractivity contribution in [1.29, 1.82) is 0 Å². The summed E-state index contributed by atoms with van der Waals surface area (Å²) in [4.78, 5) is 2.47. The third kappa shape index (κ3) is 2.40. The summed E-state index contributed by atoms with van der Waals surface area (Å²) in [6.45, 7) is 0. The zero-order valence-electron chi connectivity index (χ0n) is 10.1. The Kier molecular flexibility index (Phi) is 3.11. The maximum absolute atomic E-state index is 12.0.